The van der Waals surface area contributed by atoms with E-state index >= 15 is 0 Å². The molecule has 0 aliphatic carbocycles. The topological polar surface area (TPSA) is 72.5 Å². The van der Waals surface area contributed by atoms with Crippen LogP contribution in [0.4, 0.5) is 0 Å². The van der Waals surface area contributed by atoms with Crippen molar-refractivity contribution in [2.75, 3.05) is 13.2 Å². The summed E-state index contributed by atoms with van der Waals surface area (Å²) in [6, 6.07) is 3.93. The number of rotatable bonds is 6. The van der Waals surface area contributed by atoms with Gasteiger partial charge in [-0.15, -0.1) is 11.3 Å². The average molecular weight is 229 g/mol. The standard InChI is InChI=1S/C10H15NO3S/c11-5-3-9(12)10(13)14-6-4-8-2-1-7-15-8/h1-2,7,9,12H,3-6,11H2. The minimum atomic E-state index is -1.08. The number of aliphatic hydroxyl groups is 1. The number of thiophene rings is 1. The molecule has 0 amide bonds. The van der Waals surface area contributed by atoms with Gasteiger partial charge in [-0.25, -0.2) is 4.79 Å². The van der Waals surface area contributed by atoms with Crippen LogP contribution in [-0.2, 0) is 16.0 Å². The monoisotopic (exact) mass is 229 g/mol. The fraction of sp³-hybridized carbons (Fsp3) is 0.500. The van der Waals surface area contributed by atoms with Gasteiger partial charge in [0.15, 0.2) is 6.10 Å². The lowest BCUT2D eigenvalue weighted by atomic mass is 10.2. The molecule has 0 aliphatic rings. The summed E-state index contributed by atoms with van der Waals surface area (Å²) in [6.45, 7) is 0.585. The van der Waals surface area contributed by atoms with E-state index in [1.165, 1.54) is 0 Å². The molecule has 0 aromatic carbocycles. The molecule has 4 nitrogen and oxygen atoms in total. The Labute approximate surface area is 92.7 Å². The van der Waals surface area contributed by atoms with E-state index < -0.39 is 12.1 Å². The number of aliphatic hydroxyl groups excluding tert-OH is 1. The Kier molecular flexibility index (Phi) is 5.31. The van der Waals surface area contributed by atoms with Crippen molar-refractivity contribution >= 4 is 17.3 Å². The summed E-state index contributed by atoms with van der Waals surface area (Å²) in [7, 11) is 0. The second-order valence-electron chi connectivity index (χ2n) is 3.09. The molecule has 0 spiro atoms. The highest BCUT2D eigenvalue weighted by Gasteiger charge is 2.14. The highest BCUT2D eigenvalue weighted by molar-refractivity contribution is 7.09. The number of hydrogen-bond acceptors (Lipinski definition) is 5. The van der Waals surface area contributed by atoms with Gasteiger partial charge in [0.25, 0.3) is 0 Å². The number of esters is 1. The number of nitrogens with two attached hydrogens (primary N) is 1. The molecule has 0 radical (unpaired) electrons. The number of ether oxygens (including phenoxy) is 1. The summed E-state index contributed by atoms with van der Waals surface area (Å²) in [6.07, 6.45) is -0.144. The van der Waals surface area contributed by atoms with Crippen molar-refractivity contribution in [2.24, 2.45) is 5.73 Å². The first-order valence-corrected chi connectivity index (χ1v) is 5.69. The van der Waals surface area contributed by atoms with Gasteiger partial charge in [0.05, 0.1) is 6.61 Å². The summed E-state index contributed by atoms with van der Waals surface area (Å²) < 4.78 is 4.89. The highest BCUT2D eigenvalue weighted by atomic mass is 32.1. The van der Waals surface area contributed by atoms with E-state index in [0.29, 0.717) is 13.0 Å². The second-order valence-corrected chi connectivity index (χ2v) is 4.12. The van der Waals surface area contributed by atoms with Gasteiger partial charge in [0.2, 0.25) is 0 Å². The number of carbonyl (C=O) groups is 1. The van der Waals surface area contributed by atoms with E-state index in [-0.39, 0.29) is 13.0 Å². The van der Waals surface area contributed by atoms with Crippen LogP contribution in [0, 0.1) is 0 Å². The molecule has 0 saturated heterocycles. The normalized spacial score (nSPS) is 12.4. The van der Waals surface area contributed by atoms with E-state index in [4.69, 9.17) is 10.5 Å². The molecule has 84 valence electrons. The van der Waals surface area contributed by atoms with Crippen molar-refractivity contribution in [1.82, 2.24) is 0 Å². The SMILES string of the molecule is NCCC(O)C(=O)OCCc1cccs1. The molecule has 1 heterocycles. The molecular weight excluding hydrogens is 214 g/mol. The van der Waals surface area contributed by atoms with Crippen molar-refractivity contribution in [3.63, 3.8) is 0 Å². The van der Waals surface area contributed by atoms with Crippen LogP contribution in [-0.4, -0.2) is 30.3 Å². The Bertz CT molecular complexity index is 287. The first-order chi connectivity index (χ1) is 7.24. The van der Waals surface area contributed by atoms with Crippen LogP contribution >= 0.6 is 11.3 Å². The number of hydrogen-bond donors (Lipinski definition) is 2. The van der Waals surface area contributed by atoms with Crippen molar-refractivity contribution in [2.45, 2.75) is 18.9 Å². The first-order valence-electron chi connectivity index (χ1n) is 4.81. The van der Waals surface area contributed by atoms with Gasteiger partial charge in [-0.1, -0.05) is 6.07 Å². The third-order valence-corrected chi connectivity index (χ3v) is 2.82. The molecule has 0 aliphatic heterocycles. The molecule has 1 aromatic rings. The van der Waals surface area contributed by atoms with Gasteiger partial charge in [0, 0.05) is 11.3 Å². The fourth-order valence-electron chi connectivity index (χ4n) is 1.08. The van der Waals surface area contributed by atoms with Crippen molar-refractivity contribution in [3.8, 4) is 0 Å². The molecule has 15 heavy (non-hydrogen) atoms. The van der Waals surface area contributed by atoms with E-state index in [9.17, 15) is 9.90 Å². The zero-order chi connectivity index (χ0) is 11.1. The lowest BCUT2D eigenvalue weighted by molar-refractivity contribution is -0.153. The van der Waals surface area contributed by atoms with Gasteiger partial charge >= 0.3 is 5.97 Å². The van der Waals surface area contributed by atoms with E-state index in [0.717, 1.165) is 4.88 Å². The van der Waals surface area contributed by atoms with Crippen LogP contribution in [0.5, 0.6) is 0 Å². The van der Waals surface area contributed by atoms with E-state index in [1.807, 2.05) is 17.5 Å². The van der Waals surface area contributed by atoms with Gasteiger partial charge in [-0.3, -0.25) is 0 Å². The van der Waals surface area contributed by atoms with Crippen molar-refractivity contribution in [3.05, 3.63) is 22.4 Å². The summed E-state index contributed by atoms with van der Waals surface area (Å²) in [5.41, 5.74) is 5.21. The molecule has 1 atom stereocenters. The quantitative estimate of drug-likeness (QED) is 0.698. The fourth-order valence-corrected chi connectivity index (χ4v) is 1.77. The van der Waals surface area contributed by atoms with Crippen LogP contribution in [0.1, 0.15) is 11.3 Å². The highest BCUT2D eigenvalue weighted by Crippen LogP contribution is 2.09. The Morgan fingerprint density at radius 1 is 1.67 bits per heavy atom. The van der Waals surface area contributed by atoms with Crippen LogP contribution in [0.15, 0.2) is 17.5 Å². The largest absolute Gasteiger partial charge is 0.463 e. The molecule has 1 aromatic heterocycles. The van der Waals surface area contributed by atoms with Gasteiger partial charge in [-0.2, -0.15) is 0 Å². The minimum absolute atomic E-state index is 0.248. The Morgan fingerprint density at radius 3 is 3.07 bits per heavy atom. The lowest BCUT2D eigenvalue weighted by Crippen LogP contribution is -2.26. The maximum atomic E-state index is 11.1. The van der Waals surface area contributed by atoms with Crippen LogP contribution < -0.4 is 5.73 Å². The van der Waals surface area contributed by atoms with Gasteiger partial charge in [-0.05, 0) is 24.4 Å². The molecule has 1 unspecified atom stereocenters. The van der Waals surface area contributed by atoms with E-state index in [2.05, 4.69) is 0 Å². The summed E-state index contributed by atoms with van der Waals surface area (Å²) in [4.78, 5) is 12.3. The molecule has 0 fully saturated rings. The van der Waals surface area contributed by atoms with Gasteiger partial charge < -0.3 is 15.6 Å². The minimum Gasteiger partial charge on any atom is -0.463 e. The van der Waals surface area contributed by atoms with Crippen molar-refractivity contribution in [1.29, 1.82) is 0 Å². The van der Waals surface area contributed by atoms with Crippen molar-refractivity contribution < 1.29 is 14.6 Å². The maximum Gasteiger partial charge on any atom is 0.335 e. The van der Waals surface area contributed by atoms with Crippen LogP contribution in [0.3, 0.4) is 0 Å². The number of carbonyl (C=O) groups excluding carboxylic acids is 1. The predicted octanol–water partition coefficient (Wildman–Crippen LogP) is 0.543. The Morgan fingerprint density at radius 2 is 2.47 bits per heavy atom. The average Bonchev–Trinajstić information content (AvgIpc) is 2.71. The first kappa shape index (κ1) is 12.2. The Hall–Kier alpha value is -0.910. The lowest BCUT2D eigenvalue weighted by Gasteiger charge is -2.08. The third kappa shape index (κ3) is 4.42. The zero-order valence-corrected chi connectivity index (χ0v) is 9.20. The van der Waals surface area contributed by atoms with Gasteiger partial charge in [0.1, 0.15) is 0 Å². The van der Waals surface area contributed by atoms with E-state index in [1.54, 1.807) is 11.3 Å². The maximum absolute atomic E-state index is 11.1. The molecule has 0 saturated carbocycles. The smallest absolute Gasteiger partial charge is 0.335 e. The molecule has 3 N–H and O–H groups in total. The zero-order valence-electron chi connectivity index (χ0n) is 8.39. The van der Waals surface area contributed by atoms with Crippen LogP contribution in [0.25, 0.3) is 0 Å². The molecule has 5 heteroatoms. The second kappa shape index (κ2) is 6.55. The third-order valence-electron chi connectivity index (χ3n) is 1.89. The predicted molar refractivity (Wildman–Crippen MR) is 58.7 cm³/mol. The van der Waals surface area contributed by atoms with Crippen LogP contribution in [0.2, 0.25) is 0 Å². The summed E-state index contributed by atoms with van der Waals surface area (Å²) in [5.74, 6) is -0.586. The molecule has 1 rings (SSSR count). The summed E-state index contributed by atoms with van der Waals surface area (Å²) in [5, 5.41) is 11.2. The molecule has 0 bridgehead atoms. The molecular formula is C10H15NO3S. The Balaban J connectivity index is 2.17. The summed E-state index contributed by atoms with van der Waals surface area (Å²) >= 11 is 1.62.